The largest absolute Gasteiger partial charge is 0.459 e. The second-order valence-electron chi connectivity index (χ2n) is 6.40. The van der Waals surface area contributed by atoms with Crippen LogP contribution in [0.2, 0.25) is 0 Å². The number of thiazole rings is 1. The number of aromatic nitrogens is 1. The molecule has 1 amide bonds. The zero-order valence-electron chi connectivity index (χ0n) is 13.3. The Balaban J connectivity index is 1.55. The molecule has 2 atom stereocenters. The van der Waals surface area contributed by atoms with E-state index in [1.54, 1.807) is 10.3 Å². The molecule has 2 aromatic heterocycles. The molecule has 2 aliphatic heterocycles. The molecule has 4 heterocycles. The molecule has 24 heavy (non-hydrogen) atoms. The first-order valence-corrected chi connectivity index (χ1v) is 10.5. The number of furan rings is 1. The molecule has 8 heteroatoms. The van der Waals surface area contributed by atoms with Crippen molar-refractivity contribution in [3.8, 4) is 10.8 Å². The SMILES string of the molecule is Cc1ccc(-c2nc(C(=O)N3CCC4CCC(C3)S4(=O)=O)cs2)o1. The van der Waals surface area contributed by atoms with Gasteiger partial charge in [0.2, 0.25) is 0 Å². The summed E-state index contributed by atoms with van der Waals surface area (Å²) >= 11 is 1.36. The molecule has 0 saturated carbocycles. The molecule has 0 spiro atoms. The molecule has 2 aliphatic rings. The Morgan fingerprint density at radius 3 is 2.83 bits per heavy atom. The molecule has 2 saturated heterocycles. The van der Waals surface area contributed by atoms with Crippen LogP contribution >= 0.6 is 11.3 Å². The van der Waals surface area contributed by atoms with Crippen LogP contribution in [-0.2, 0) is 9.84 Å². The van der Waals surface area contributed by atoms with Gasteiger partial charge in [-0.1, -0.05) is 0 Å². The average molecular weight is 366 g/mol. The van der Waals surface area contributed by atoms with E-state index in [0.717, 1.165) is 12.2 Å². The first-order valence-electron chi connectivity index (χ1n) is 7.99. The maximum Gasteiger partial charge on any atom is 0.273 e. The molecular formula is C16H18N2O4S2. The minimum Gasteiger partial charge on any atom is -0.459 e. The van der Waals surface area contributed by atoms with E-state index in [1.165, 1.54) is 11.3 Å². The Morgan fingerprint density at radius 2 is 2.08 bits per heavy atom. The molecule has 2 fully saturated rings. The van der Waals surface area contributed by atoms with Crippen LogP contribution in [0.4, 0.5) is 0 Å². The maximum atomic E-state index is 12.7. The van der Waals surface area contributed by atoms with Gasteiger partial charge in [-0.3, -0.25) is 4.79 Å². The first-order chi connectivity index (χ1) is 11.4. The van der Waals surface area contributed by atoms with Crippen molar-refractivity contribution in [3.05, 3.63) is 29.0 Å². The lowest BCUT2D eigenvalue weighted by molar-refractivity contribution is 0.0746. The second kappa shape index (κ2) is 5.70. The first kappa shape index (κ1) is 15.8. The van der Waals surface area contributed by atoms with Crippen molar-refractivity contribution in [2.45, 2.75) is 36.7 Å². The summed E-state index contributed by atoms with van der Waals surface area (Å²) in [6.07, 6.45) is 1.91. The zero-order valence-corrected chi connectivity index (χ0v) is 14.9. The lowest BCUT2D eigenvalue weighted by atomic mass is 10.1. The number of rotatable bonds is 2. The van der Waals surface area contributed by atoms with Gasteiger partial charge in [0.05, 0.1) is 10.5 Å². The Morgan fingerprint density at radius 1 is 1.29 bits per heavy atom. The number of aryl methyl sites for hydroxylation is 1. The Hall–Kier alpha value is -1.67. The van der Waals surface area contributed by atoms with E-state index >= 15 is 0 Å². The van der Waals surface area contributed by atoms with Gasteiger partial charge < -0.3 is 9.32 Å². The summed E-state index contributed by atoms with van der Waals surface area (Å²) < 4.78 is 30.2. The number of amides is 1. The fourth-order valence-electron chi connectivity index (χ4n) is 3.49. The van der Waals surface area contributed by atoms with Crippen molar-refractivity contribution in [2.75, 3.05) is 13.1 Å². The molecule has 2 aromatic rings. The molecule has 0 radical (unpaired) electrons. The van der Waals surface area contributed by atoms with Gasteiger partial charge in [-0.15, -0.1) is 11.3 Å². The van der Waals surface area contributed by atoms with Gasteiger partial charge in [-0.25, -0.2) is 13.4 Å². The Kier molecular flexibility index (Phi) is 3.76. The number of nitrogens with zero attached hydrogens (tertiary/aromatic N) is 2. The lowest BCUT2D eigenvalue weighted by Crippen LogP contribution is -2.37. The summed E-state index contributed by atoms with van der Waals surface area (Å²) in [5.41, 5.74) is 0.360. The predicted octanol–water partition coefficient (Wildman–Crippen LogP) is 2.50. The molecule has 6 nitrogen and oxygen atoms in total. The van der Waals surface area contributed by atoms with Crippen LogP contribution in [0, 0.1) is 6.92 Å². The molecule has 4 rings (SSSR count). The predicted molar refractivity (Wildman–Crippen MR) is 90.8 cm³/mol. The highest BCUT2D eigenvalue weighted by Gasteiger charge is 2.44. The summed E-state index contributed by atoms with van der Waals surface area (Å²) in [7, 11) is -3.08. The van der Waals surface area contributed by atoms with Crippen molar-refractivity contribution < 1.29 is 17.6 Å². The fraction of sp³-hybridized carbons (Fsp3) is 0.500. The molecule has 2 unspecified atom stereocenters. The summed E-state index contributed by atoms with van der Waals surface area (Å²) in [4.78, 5) is 18.8. The van der Waals surface area contributed by atoms with Crippen LogP contribution in [0.15, 0.2) is 21.9 Å². The number of likely N-dealkylation sites (tertiary alicyclic amines) is 1. The van der Waals surface area contributed by atoms with Crippen molar-refractivity contribution >= 4 is 27.1 Å². The fourth-order valence-corrected chi connectivity index (χ4v) is 6.54. The van der Waals surface area contributed by atoms with E-state index < -0.39 is 15.1 Å². The molecule has 2 bridgehead atoms. The van der Waals surface area contributed by atoms with E-state index in [-0.39, 0.29) is 17.7 Å². The monoisotopic (exact) mass is 366 g/mol. The van der Waals surface area contributed by atoms with Crippen molar-refractivity contribution in [1.29, 1.82) is 0 Å². The number of hydrogen-bond donors (Lipinski definition) is 0. The van der Waals surface area contributed by atoms with Crippen LogP contribution in [-0.4, -0.2) is 47.8 Å². The highest BCUT2D eigenvalue weighted by atomic mass is 32.2. The van der Waals surface area contributed by atoms with Gasteiger partial charge in [-0.2, -0.15) is 0 Å². The van der Waals surface area contributed by atoms with E-state index in [1.807, 2.05) is 19.1 Å². The van der Waals surface area contributed by atoms with Crippen LogP contribution in [0.25, 0.3) is 10.8 Å². The number of fused-ring (bicyclic) bond motifs is 2. The maximum absolute atomic E-state index is 12.7. The van der Waals surface area contributed by atoms with Crippen molar-refractivity contribution in [1.82, 2.24) is 9.88 Å². The van der Waals surface area contributed by atoms with Gasteiger partial charge in [0.25, 0.3) is 5.91 Å². The molecule has 0 N–H and O–H groups in total. The summed E-state index contributed by atoms with van der Waals surface area (Å²) in [6.45, 7) is 2.62. The van der Waals surface area contributed by atoms with E-state index in [2.05, 4.69) is 4.98 Å². The van der Waals surface area contributed by atoms with Gasteiger partial charge in [0.1, 0.15) is 11.5 Å². The van der Waals surface area contributed by atoms with Crippen LogP contribution in [0.1, 0.15) is 35.5 Å². The highest BCUT2D eigenvalue weighted by molar-refractivity contribution is 7.93. The Bertz CT molecular complexity index is 884. The van der Waals surface area contributed by atoms with Crippen molar-refractivity contribution in [3.63, 3.8) is 0 Å². The van der Waals surface area contributed by atoms with Gasteiger partial charge in [-0.05, 0) is 38.3 Å². The number of carbonyl (C=O) groups excluding carboxylic acids is 1. The number of sulfone groups is 1. The van der Waals surface area contributed by atoms with Crippen molar-refractivity contribution in [2.24, 2.45) is 0 Å². The average Bonchev–Trinajstić information content (AvgIpc) is 3.18. The topological polar surface area (TPSA) is 80.5 Å². The third kappa shape index (κ3) is 2.57. The van der Waals surface area contributed by atoms with Gasteiger partial charge in [0.15, 0.2) is 20.6 Å². The summed E-state index contributed by atoms with van der Waals surface area (Å²) in [6, 6.07) is 3.69. The smallest absolute Gasteiger partial charge is 0.273 e. The zero-order chi connectivity index (χ0) is 16.9. The van der Waals surface area contributed by atoms with Crippen LogP contribution in [0.5, 0.6) is 0 Å². The minimum absolute atomic E-state index is 0.191. The third-order valence-corrected chi connectivity index (χ3v) is 8.42. The lowest BCUT2D eigenvalue weighted by Gasteiger charge is -2.22. The normalized spacial score (nSPS) is 25.6. The summed E-state index contributed by atoms with van der Waals surface area (Å²) in [5.74, 6) is 1.25. The minimum atomic E-state index is -3.08. The molecule has 0 aliphatic carbocycles. The summed E-state index contributed by atoms with van der Waals surface area (Å²) in [5, 5.41) is 1.68. The molecule has 0 aromatic carbocycles. The number of carbonyl (C=O) groups is 1. The van der Waals surface area contributed by atoms with Gasteiger partial charge in [0, 0.05) is 18.5 Å². The molecule has 128 valence electrons. The second-order valence-corrected chi connectivity index (χ2v) is 9.77. The van der Waals surface area contributed by atoms with E-state index in [9.17, 15) is 13.2 Å². The molecular weight excluding hydrogens is 348 g/mol. The van der Waals surface area contributed by atoms with E-state index in [0.29, 0.717) is 35.8 Å². The quantitative estimate of drug-likeness (QED) is 0.816. The van der Waals surface area contributed by atoms with E-state index in [4.69, 9.17) is 4.42 Å². The van der Waals surface area contributed by atoms with Crippen LogP contribution < -0.4 is 0 Å². The third-order valence-electron chi connectivity index (χ3n) is 4.85. The number of hydrogen-bond acceptors (Lipinski definition) is 6. The standard InChI is InChI=1S/C16H18N2O4S2/c1-10-2-5-14(22-10)15-17-13(9-23-15)16(19)18-7-6-11-3-4-12(8-18)24(11,20)21/h2,5,9,11-12H,3-4,6-8H2,1H3. The van der Waals surface area contributed by atoms with Gasteiger partial charge >= 0.3 is 0 Å². The highest BCUT2D eigenvalue weighted by Crippen LogP contribution is 2.33. The van der Waals surface area contributed by atoms with Crippen LogP contribution in [0.3, 0.4) is 0 Å². The Labute approximate surface area is 144 Å².